The van der Waals surface area contributed by atoms with E-state index < -0.39 is 0 Å². The van der Waals surface area contributed by atoms with Gasteiger partial charge in [0.25, 0.3) is 0 Å². The fourth-order valence-corrected chi connectivity index (χ4v) is 1.84. The second-order valence-corrected chi connectivity index (χ2v) is 4.59. The number of nitrogens with one attached hydrogen (secondary N) is 1. The quantitative estimate of drug-likeness (QED) is 0.917. The van der Waals surface area contributed by atoms with Crippen molar-refractivity contribution in [1.29, 1.82) is 0 Å². The van der Waals surface area contributed by atoms with E-state index in [1.807, 2.05) is 62.4 Å². The van der Waals surface area contributed by atoms with E-state index in [0.29, 0.717) is 12.2 Å². The van der Waals surface area contributed by atoms with Gasteiger partial charge in [-0.1, -0.05) is 42.5 Å². The third-order valence-corrected chi connectivity index (χ3v) is 3.06. The highest BCUT2D eigenvalue weighted by Crippen LogP contribution is 2.13. The largest absolute Gasteiger partial charge is 0.310 e. The molecule has 1 amide bonds. The Labute approximate surface area is 119 Å². The number of aromatic nitrogens is 1. The molecule has 0 spiro atoms. The molecule has 2 rings (SSSR count). The van der Waals surface area contributed by atoms with Crippen LogP contribution in [0.1, 0.15) is 25.1 Å². The van der Waals surface area contributed by atoms with Gasteiger partial charge in [0.05, 0.1) is 12.1 Å². The molecule has 3 nitrogen and oxygen atoms in total. The topological polar surface area (TPSA) is 42.0 Å². The first kappa shape index (κ1) is 14.0. The number of amides is 1. The van der Waals surface area contributed by atoms with Crippen molar-refractivity contribution in [2.24, 2.45) is 0 Å². The zero-order chi connectivity index (χ0) is 14.4. The van der Waals surface area contributed by atoms with Crippen LogP contribution >= 0.6 is 0 Å². The van der Waals surface area contributed by atoms with Crippen molar-refractivity contribution in [2.75, 3.05) is 5.32 Å². The van der Waals surface area contributed by atoms with Crippen molar-refractivity contribution in [3.8, 4) is 0 Å². The van der Waals surface area contributed by atoms with E-state index in [0.717, 1.165) is 16.8 Å². The maximum atomic E-state index is 12.0. The molecule has 1 heterocycles. The minimum absolute atomic E-state index is 0.0565. The lowest BCUT2D eigenvalue weighted by molar-refractivity contribution is -0.115. The zero-order valence-electron chi connectivity index (χ0n) is 11.8. The average Bonchev–Trinajstić information content (AvgIpc) is 2.47. The Morgan fingerprint density at radius 1 is 1.15 bits per heavy atom. The number of rotatable bonds is 4. The molecule has 1 aromatic carbocycles. The van der Waals surface area contributed by atoms with Crippen molar-refractivity contribution in [2.45, 2.75) is 20.3 Å². The first-order valence-corrected chi connectivity index (χ1v) is 6.63. The van der Waals surface area contributed by atoms with Crippen molar-refractivity contribution < 1.29 is 4.79 Å². The van der Waals surface area contributed by atoms with E-state index in [2.05, 4.69) is 10.3 Å². The fourth-order valence-electron chi connectivity index (χ4n) is 1.84. The van der Waals surface area contributed by atoms with Gasteiger partial charge in [0.15, 0.2) is 0 Å². The third-order valence-electron chi connectivity index (χ3n) is 3.06. The van der Waals surface area contributed by atoms with Crippen LogP contribution in [0.4, 0.5) is 5.82 Å². The first-order chi connectivity index (χ1) is 9.69. The van der Waals surface area contributed by atoms with Gasteiger partial charge in [0.1, 0.15) is 5.82 Å². The monoisotopic (exact) mass is 266 g/mol. The molecule has 0 atom stereocenters. The van der Waals surface area contributed by atoms with Crippen molar-refractivity contribution in [3.63, 3.8) is 0 Å². The van der Waals surface area contributed by atoms with Gasteiger partial charge in [0.2, 0.25) is 5.91 Å². The van der Waals surface area contributed by atoms with Crippen LogP contribution in [0.25, 0.3) is 5.57 Å². The molecular formula is C17H18N2O. The second-order valence-electron chi connectivity index (χ2n) is 4.59. The van der Waals surface area contributed by atoms with E-state index >= 15 is 0 Å². The Kier molecular flexibility index (Phi) is 4.66. The van der Waals surface area contributed by atoms with Gasteiger partial charge < -0.3 is 5.32 Å². The summed E-state index contributed by atoms with van der Waals surface area (Å²) < 4.78 is 0. The molecule has 1 aromatic heterocycles. The van der Waals surface area contributed by atoms with E-state index in [4.69, 9.17) is 0 Å². The number of anilines is 1. The van der Waals surface area contributed by atoms with Gasteiger partial charge >= 0.3 is 0 Å². The molecule has 20 heavy (non-hydrogen) atoms. The Morgan fingerprint density at radius 2 is 1.90 bits per heavy atom. The predicted molar refractivity (Wildman–Crippen MR) is 82.3 cm³/mol. The van der Waals surface area contributed by atoms with Crippen LogP contribution in [0, 0.1) is 0 Å². The molecule has 3 heteroatoms. The summed E-state index contributed by atoms with van der Waals surface area (Å²) in [7, 11) is 0. The number of pyridine rings is 1. The molecule has 1 N–H and O–H groups in total. The number of carbonyl (C=O) groups is 1. The molecule has 0 aliphatic carbocycles. The molecule has 0 aliphatic heterocycles. The number of hydrogen-bond donors (Lipinski definition) is 1. The predicted octanol–water partition coefficient (Wildman–Crippen LogP) is 3.69. The smallest absolute Gasteiger partial charge is 0.229 e. The Morgan fingerprint density at radius 3 is 2.60 bits per heavy atom. The van der Waals surface area contributed by atoms with Gasteiger partial charge in [-0.15, -0.1) is 0 Å². The van der Waals surface area contributed by atoms with E-state index in [-0.39, 0.29) is 5.91 Å². The molecule has 2 aromatic rings. The van der Waals surface area contributed by atoms with Crippen LogP contribution in [-0.4, -0.2) is 10.9 Å². The lowest BCUT2D eigenvalue weighted by Gasteiger charge is -2.07. The normalized spacial score (nSPS) is 11.2. The summed E-state index contributed by atoms with van der Waals surface area (Å²) in [4.78, 5) is 16.4. The first-order valence-electron chi connectivity index (χ1n) is 6.63. The van der Waals surface area contributed by atoms with E-state index in [9.17, 15) is 4.79 Å². The van der Waals surface area contributed by atoms with Crippen LogP contribution in [0.3, 0.4) is 0 Å². The van der Waals surface area contributed by atoms with Crippen molar-refractivity contribution in [3.05, 3.63) is 65.9 Å². The standard InChI is InChI=1S/C17H18N2O/c1-3-13(2)15-10-7-11-16(18-15)19-17(20)12-14-8-5-4-6-9-14/h3-11H,12H2,1-2H3,(H,18,19,20). The Hall–Kier alpha value is -2.42. The fraction of sp³-hybridized carbons (Fsp3) is 0.176. The lowest BCUT2D eigenvalue weighted by Crippen LogP contribution is -2.15. The lowest BCUT2D eigenvalue weighted by atomic mass is 10.1. The second kappa shape index (κ2) is 6.66. The summed E-state index contributed by atoms with van der Waals surface area (Å²) in [5.74, 6) is 0.531. The van der Waals surface area contributed by atoms with Crippen LogP contribution < -0.4 is 5.32 Å². The van der Waals surface area contributed by atoms with Crippen LogP contribution in [0.5, 0.6) is 0 Å². The molecular weight excluding hydrogens is 248 g/mol. The number of hydrogen-bond acceptors (Lipinski definition) is 2. The number of allylic oxidation sites excluding steroid dienone is 2. The van der Waals surface area contributed by atoms with Gasteiger partial charge in [0, 0.05) is 0 Å². The van der Waals surface area contributed by atoms with Crippen LogP contribution in [0.15, 0.2) is 54.6 Å². The van der Waals surface area contributed by atoms with Crippen LogP contribution in [0.2, 0.25) is 0 Å². The molecule has 0 unspecified atom stereocenters. The summed E-state index contributed by atoms with van der Waals surface area (Å²) in [6.07, 6.45) is 2.35. The minimum atomic E-state index is -0.0565. The highest BCUT2D eigenvalue weighted by atomic mass is 16.1. The van der Waals surface area contributed by atoms with Gasteiger partial charge in [-0.25, -0.2) is 4.98 Å². The van der Waals surface area contributed by atoms with Crippen molar-refractivity contribution in [1.82, 2.24) is 4.98 Å². The Bertz CT molecular complexity index is 618. The van der Waals surface area contributed by atoms with Gasteiger partial charge in [-0.05, 0) is 37.1 Å². The number of nitrogens with zero attached hydrogens (tertiary/aromatic N) is 1. The molecule has 0 bridgehead atoms. The minimum Gasteiger partial charge on any atom is -0.310 e. The summed E-state index contributed by atoms with van der Waals surface area (Å²) in [5.41, 5.74) is 2.96. The number of carbonyl (C=O) groups excluding carboxylic acids is 1. The van der Waals surface area contributed by atoms with Gasteiger partial charge in [-0.3, -0.25) is 4.79 Å². The molecule has 0 aliphatic rings. The molecule has 102 valence electrons. The third kappa shape index (κ3) is 3.79. The Balaban J connectivity index is 2.05. The molecule has 0 saturated heterocycles. The average molecular weight is 266 g/mol. The maximum absolute atomic E-state index is 12.0. The number of benzene rings is 1. The van der Waals surface area contributed by atoms with Gasteiger partial charge in [-0.2, -0.15) is 0 Å². The maximum Gasteiger partial charge on any atom is 0.229 e. The summed E-state index contributed by atoms with van der Waals surface area (Å²) in [5, 5.41) is 2.83. The SMILES string of the molecule is CC=C(C)c1cccc(NC(=O)Cc2ccccc2)n1. The zero-order valence-corrected chi connectivity index (χ0v) is 11.8. The summed E-state index contributed by atoms with van der Waals surface area (Å²) >= 11 is 0. The summed E-state index contributed by atoms with van der Waals surface area (Å²) in [6, 6.07) is 15.3. The molecule has 0 radical (unpaired) electrons. The van der Waals surface area contributed by atoms with Crippen LogP contribution in [-0.2, 0) is 11.2 Å². The molecule has 0 saturated carbocycles. The van der Waals surface area contributed by atoms with E-state index in [1.54, 1.807) is 6.07 Å². The van der Waals surface area contributed by atoms with Crippen molar-refractivity contribution >= 4 is 17.3 Å². The summed E-state index contributed by atoms with van der Waals surface area (Å²) in [6.45, 7) is 3.97. The molecule has 0 fully saturated rings. The highest BCUT2D eigenvalue weighted by Gasteiger charge is 2.05. The highest BCUT2D eigenvalue weighted by molar-refractivity contribution is 5.91. The van der Waals surface area contributed by atoms with E-state index in [1.165, 1.54) is 0 Å².